The molecule has 0 fully saturated rings. The van der Waals surface area contributed by atoms with E-state index in [1.807, 2.05) is 43.3 Å². The molecule has 3 aromatic rings. The summed E-state index contributed by atoms with van der Waals surface area (Å²) in [7, 11) is 1.59. The summed E-state index contributed by atoms with van der Waals surface area (Å²) in [5.41, 5.74) is 2.44. The minimum atomic E-state index is -0.103. The number of carbonyl (C=O) groups is 1. The summed E-state index contributed by atoms with van der Waals surface area (Å²) in [4.78, 5) is 19.8. The molecule has 0 saturated heterocycles. The molecule has 1 amide bonds. The third-order valence-electron chi connectivity index (χ3n) is 3.44. The molecule has 0 aliphatic rings. The van der Waals surface area contributed by atoms with Crippen LogP contribution in [0, 0.1) is 0 Å². The highest BCUT2D eigenvalue weighted by Gasteiger charge is 2.09. The number of hydrogen-bond acceptors (Lipinski definition) is 5. The minimum absolute atomic E-state index is 0.103. The van der Waals surface area contributed by atoms with Gasteiger partial charge in [-0.05, 0) is 31.2 Å². The standard InChI is InChI=1S/C18H19N3O3S/c1-3-24-14-7-8-15-16(10-14)21-18(20-15)25-11-17(22)19-12-5-4-6-13(9-12)23-2/h4-10H,3,11H2,1-2H3,(H,19,22)(H,20,21). The summed E-state index contributed by atoms with van der Waals surface area (Å²) in [5, 5.41) is 3.54. The number of nitrogens with zero attached hydrogens (tertiary/aromatic N) is 1. The average molecular weight is 357 g/mol. The number of fused-ring (bicyclic) bond motifs is 1. The molecule has 1 aromatic heterocycles. The topological polar surface area (TPSA) is 76.2 Å². The Morgan fingerprint density at radius 2 is 2.12 bits per heavy atom. The molecule has 7 heteroatoms. The number of nitrogens with one attached hydrogen (secondary N) is 2. The van der Waals surface area contributed by atoms with Crippen LogP contribution in [0.15, 0.2) is 47.6 Å². The maximum atomic E-state index is 12.1. The quantitative estimate of drug-likeness (QED) is 0.631. The Labute approximate surface area is 149 Å². The molecule has 0 saturated carbocycles. The van der Waals surface area contributed by atoms with Crippen molar-refractivity contribution < 1.29 is 14.3 Å². The van der Waals surface area contributed by atoms with Crippen molar-refractivity contribution in [2.45, 2.75) is 12.1 Å². The molecule has 0 aliphatic heterocycles. The SMILES string of the molecule is CCOc1ccc2nc(SCC(=O)Nc3cccc(OC)c3)[nH]c2c1. The van der Waals surface area contributed by atoms with Gasteiger partial charge in [-0.15, -0.1) is 0 Å². The van der Waals surface area contributed by atoms with Gasteiger partial charge in [-0.2, -0.15) is 0 Å². The van der Waals surface area contributed by atoms with Gasteiger partial charge in [-0.25, -0.2) is 4.98 Å². The van der Waals surface area contributed by atoms with Crippen molar-refractivity contribution in [2.24, 2.45) is 0 Å². The number of aromatic amines is 1. The molecule has 0 spiro atoms. The molecule has 3 rings (SSSR count). The number of ether oxygens (including phenoxy) is 2. The average Bonchev–Trinajstić information content (AvgIpc) is 3.02. The number of benzene rings is 2. The van der Waals surface area contributed by atoms with E-state index in [4.69, 9.17) is 9.47 Å². The van der Waals surface area contributed by atoms with Gasteiger partial charge in [-0.3, -0.25) is 4.79 Å². The lowest BCUT2D eigenvalue weighted by molar-refractivity contribution is -0.113. The third kappa shape index (κ3) is 4.45. The monoisotopic (exact) mass is 357 g/mol. The summed E-state index contributed by atoms with van der Waals surface area (Å²) in [6.07, 6.45) is 0. The lowest BCUT2D eigenvalue weighted by Gasteiger charge is -2.06. The number of amides is 1. The second kappa shape index (κ2) is 7.94. The molecule has 130 valence electrons. The van der Waals surface area contributed by atoms with E-state index < -0.39 is 0 Å². The van der Waals surface area contributed by atoms with Crippen molar-refractivity contribution in [3.63, 3.8) is 0 Å². The number of thioether (sulfide) groups is 1. The van der Waals surface area contributed by atoms with E-state index in [0.717, 1.165) is 16.8 Å². The Balaban J connectivity index is 1.60. The number of aromatic nitrogens is 2. The first kappa shape index (κ1) is 17.2. The molecular formula is C18H19N3O3S. The molecule has 0 radical (unpaired) electrons. The van der Waals surface area contributed by atoms with Gasteiger partial charge in [-0.1, -0.05) is 17.8 Å². The number of carbonyl (C=O) groups excluding carboxylic acids is 1. The molecule has 0 atom stereocenters. The van der Waals surface area contributed by atoms with E-state index in [1.165, 1.54) is 11.8 Å². The maximum Gasteiger partial charge on any atom is 0.234 e. The predicted octanol–water partition coefficient (Wildman–Crippen LogP) is 3.70. The van der Waals surface area contributed by atoms with Gasteiger partial charge in [0.2, 0.25) is 5.91 Å². The first-order chi connectivity index (χ1) is 12.2. The largest absolute Gasteiger partial charge is 0.497 e. The highest BCUT2D eigenvalue weighted by atomic mass is 32.2. The highest BCUT2D eigenvalue weighted by Crippen LogP contribution is 2.23. The Hall–Kier alpha value is -2.67. The van der Waals surface area contributed by atoms with Crippen LogP contribution in [0.2, 0.25) is 0 Å². The van der Waals surface area contributed by atoms with Crippen LogP contribution in [-0.4, -0.2) is 35.3 Å². The van der Waals surface area contributed by atoms with Crippen molar-refractivity contribution in [1.29, 1.82) is 0 Å². The summed E-state index contributed by atoms with van der Waals surface area (Å²) < 4.78 is 10.6. The fourth-order valence-electron chi connectivity index (χ4n) is 2.32. The second-order valence-corrected chi connectivity index (χ2v) is 6.19. The Kier molecular flexibility index (Phi) is 5.45. The van der Waals surface area contributed by atoms with E-state index in [9.17, 15) is 4.79 Å². The summed E-state index contributed by atoms with van der Waals surface area (Å²) in [6, 6.07) is 13.0. The van der Waals surface area contributed by atoms with Gasteiger partial charge in [0.1, 0.15) is 11.5 Å². The van der Waals surface area contributed by atoms with Crippen LogP contribution in [0.4, 0.5) is 5.69 Å². The summed E-state index contributed by atoms with van der Waals surface area (Å²) in [5.74, 6) is 1.66. The van der Waals surface area contributed by atoms with Crippen molar-refractivity contribution in [3.05, 3.63) is 42.5 Å². The lowest BCUT2D eigenvalue weighted by atomic mass is 10.3. The zero-order valence-electron chi connectivity index (χ0n) is 14.0. The first-order valence-corrected chi connectivity index (χ1v) is 8.85. The third-order valence-corrected chi connectivity index (χ3v) is 4.31. The van der Waals surface area contributed by atoms with Crippen LogP contribution in [0.3, 0.4) is 0 Å². The Morgan fingerprint density at radius 3 is 2.92 bits per heavy atom. The smallest absolute Gasteiger partial charge is 0.234 e. The van der Waals surface area contributed by atoms with Crippen LogP contribution in [0.25, 0.3) is 11.0 Å². The molecule has 1 heterocycles. The van der Waals surface area contributed by atoms with Gasteiger partial charge in [0.15, 0.2) is 5.16 Å². The van der Waals surface area contributed by atoms with Gasteiger partial charge < -0.3 is 19.8 Å². The predicted molar refractivity (Wildman–Crippen MR) is 99.6 cm³/mol. The van der Waals surface area contributed by atoms with Crippen LogP contribution in [0.1, 0.15) is 6.92 Å². The zero-order chi connectivity index (χ0) is 17.6. The fraction of sp³-hybridized carbons (Fsp3) is 0.222. The number of rotatable bonds is 7. The van der Waals surface area contributed by atoms with Crippen LogP contribution < -0.4 is 14.8 Å². The van der Waals surface area contributed by atoms with Crippen molar-refractivity contribution in [2.75, 3.05) is 24.8 Å². The van der Waals surface area contributed by atoms with E-state index in [2.05, 4.69) is 15.3 Å². The normalized spacial score (nSPS) is 10.6. The van der Waals surface area contributed by atoms with Crippen molar-refractivity contribution >= 4 is 34.4 Å². The van der Waals surface area contributed by atoms with Crippen LogP contribution >= 0.6 is 11.8 Å². The van der Waals surface area contributed by atoms with E-state index >= 15 is 0 Å². The molecule has 6 nitrogen and oxygen atoms in total. The molecule has 0 unspecified atom stereocenters. The number of imidazole rings is 1. The molecule has 0 bridgehead atoms. The Bertz CT molecular complexity index is 879. The number of anilines is 1. The summed E-state index contributed by atoms with van der Waals surface area (Å²) in [6.45, 7) is 2.56. The molecule has 25 heavy (non-hydrogen) atoms. The van der Waals surface area contributed by atoms with E-state index in [1.54, 1.807) is 13.2 Å². The molecule has 0 aliphatic carbocycles. The zero-order valence-corrected chi connectivity index (χ0v) is 14.9. The summed E-state index contributed by atoms with van der Waals surface area (Å²) >= 11 is 1.35. The van der Waals surface area contributed by atoms with Gasteiger partial charge in [0, 0.05) is 17.8 Å². The van der Waals surface area contributed by atoms with E-state index in [-0.39, 0.29) is 11.7 Å². The fourth-order valence-corrected chi connectivity index (χ4v) is 3.01. The van der Waals surface area contributed by atoms with Crippen molar-refractivity contribution in [3.8, 4) is 11.5 Å². The molecule has 2 aromatic carbocycles. The van der Waals surface area contributed by atoms with Gasteiger partial charge >= 0.3 is 0 Å². The maximum absolute atomic E-state index is 12.1. The number of H-pyrrole nitrogens is 1. The van der Waals surface area contributed by atoms with Crippen LogP contribution in [0.5, 0.6) is 11.5 Å². The molecular weight excluding hydrogens is 338 g/mol. The number of methoxy groups -OCH3 is 1. The Morgan fingerprint density at radius 1 is 1.24 bits per heavy atom. The van der Waals surface area contributed by atoms with Gasteiger partial charge in [0.25, 0.3) is 0 Å². The lowest BCUT2D eigenvalue weighted by Crippen LogP contribution is -2.14. The number of hydrogen-bond donors (Lipinski definition) is 2. The first-order valence-electron chi connectivity index (χ1n) is 7.87. The second-order valence-electron chi connectivity index (χ2n) is 5.22. The van der Waals surface area contributed by atoms with E-state index in [0.29, 0.717) is 23.2 Å². The highest BCUT2D eigenvalue weighted by molar-refractivity contribution is 7.99. The van der Waals surface area contributed by atoms with Crippen LogP contribution in [-0.2, 0) is 4.79 Å². The van der Waals surface area contributed by atoms with Crippen molar-refractivity contribution in [1.82, 2.24) is 9.97 Å². The minimum Gasteiger partial charge on any atom is -0.497 e. The van der Waals surface area contributed by atoms with Gasteiger partial charge in [0.05, 0.1) is 30.5 Å². The molecule has 2 N–H and O–H groups in total.